The predicted molar refractivity (Wildman–Crippen MR) is 187 cm³/mol. The second-order valence-electron chi connectivity index (χ2n) is 10.9. The number of Topliss-reactive ketones (excluding diaryl/α,β-unsaturated/α-hetero) is 1. The van der Waals surface area contributed by atoms with Gasteiger partial charge in [0.15, 0.2) is 5.71 Å². The molecule has 4 aromatic carbocycles. The molecular formula is C31H24FN7O10S3. The number of halogens is 1. The Hall–Kier alpha value is -5.71. The van der Waals surface area contributed by atoms with Crippen LogP contribution in [0.3, 0.4) is 0 Å². The SMILES string of the molecule is CCc1ccccc1Nc1nc(F)nc(Nc2ccc3c(c2)C=C(S(=O)(=O)O)C(=NNc2ccc4c(S(=O)(=O)O)cccc4c2S(=O)(=O)O)C3=O)n1. The van der Waals surface area contributed by atoms with Crippen LogP contribution in [-0.4, -0.2) is 65.4 Å². The maximum atomic E-state index is 14.4. The van der Waals surface area contributed by atoms with Gasteiger partial charge in [-0.25, -0.2) is 0 Å². The first kappa shape index (κ1) is 36.1. The molecule has 5 aromatic rings. The molecule has 21 heteroatoms. The molecule has 6 rings (SSSR count). The molecule has 0 unspecified atom stereocenters. The number of carbonyl (C=O) groups is 1. The molecule has 0 atom stereocenters. The largest absolute Gasteiger partial charge is 0.324 e. The highest BCUT2D eigenvalue weighted by molar-refractivity contribution is 7.91. The zero-order chi connectivity index (χ0) is 37.6. The minimum atomic E-state index is -5.17. The highest BCUT2D eigenvalue weighted by Gasteiger charge is 2.33. The summed E-state index contributed by atoms with van der Waals surface area (Å²) in [5, 5.41) is 8.78. The van der Waals surface area contributed by atoms with Crippen LogP contribution in [0.1, 0.15) is 28.4 Å². The Kier molecular flexibility index (Phi) is 9.33. The number of hydrogen-bond donors (Lipinski definition) is 6. The molecule has 0 bridgehead atoms. The van der Waals surface area contributed by atoms with Gasteiger partial charge in [-0.3, -0.25) is 23.9 Å². The van der Waals surface area contributed by atoms with Crippen molar-refractivity contribution in [3.8, 4) is 0 Å². The van der Waals surface area contributed by atoms with E-state index >= 15 is 0 Å². The minimum absolute atomic E-state index is 0.0339. The van der Waals surface area contributed by atoms with Crippen molar-refractivity contribution in [2.45, 2.75) is 23.1 Å². The number of fused-ring (bicyclic) bond motifs is 2. The lowest BCUT2D eigenvalue weighted by Crippen LogP contribution is -2.27. The van der Waals surface area contributed by atoms with Crippen LogP contribution >= 0.6 is 0 Å². The van der Waals surface area contributed by atoms with Crippen LogP contribution in [0.25, 0.3) is 16.8 Å². The molecule has 0 spiro atoms. The zero-order valence-electron chi connectivity index (χ0n) is 26.3. The molecule has 0 aliphatic heterocycles. The maximum Gasteiger partial charge on any atom is 0.315 e. The Bertz CT molecular complexity index is 2720. The molecule has 52 heavy (non-hydrogen) atoms. The van der Waals surface area contributed by atoms with Crippen LogP contribution in [-0.2, 0) is 36.8 Å². The summed E-state index contributed by atoms with van der Waals surface area (Å²) in [6.45, 7) is 1.94. The molecule has 1 aliphatic carbocycles. The van der Waals surface area contributed by atoms with E-state index < -0.39 is 68.3 Å². The van der Waals surface area contributed by atoms with Gasteiger partial charge in [0.05, 0.1) is 5.69 Å². The van der Waals surface area contributed by atoms with Gasteiger partial charge in [-0.2, -0.15) is 49.7 Å². The number of anilines is 5. The van der Waals surface area contributed by atoms with Crippen LogP contribution < -0.4 is 16.1 Å². The first-order valence-corrected chi connectivity index (χ1v) is 19.0. The van der Waals surface area contributed by atoms with E-state index in [9.17, 15) is 48.1 Å². The number of hydrazone groups is 1. The van der Waals surface area contributed by atoms with Crippen molar-refractivity contribution < 1.29 is 48.1 Å². The number of aryl methyl sites for hydroxylation is 1. The normalized spacial score (nSPS) is 14.2. The summed E-state index contributed by atoms with van der Waals surface area (Å²) >= 11 is 0. The van der Waals surface area contributed by atoms with Crippen molar-refractivity contribution in [2.75, 3.05) is 16.1 Å². The van der Waals surface area contributed by atoms with Crippen molar-refractivity contribution in [3.05, 3.63) is 100 Å². The van der Waals surface area contributed by atoms with Gasteiger partial charge in [0, 0.05) is 27.7 Å². The van der Waals surface area contributed by atoms with Crippen LogP contribution in [0.15, 0.2) is 92.6 Å². The third kappa shape index (κ3) is 7.35. The van der Waals surface area contributed by atoms with E-state index in [2.05, 4.69) is 36.1 Å². The average Bonchev–Trinajstić information content (AvgIpc) is 3.05. The molecule has 1 heterocycles. The molecule has 0 saturated carbocycles. The van der Waals surface area contributed by atoms with Crippen LogP contribution in [0, 0.1) is 6.08 Å². The maximum absolute atomic E-state index is 14.4. The topological polar surface area (TPSA) is 267 Å². The van der Waals surface area contributed by atoms with Gasteiger partial charge in [-0.05, 0) is 60.0 Å². The number of nitrogens with one attached hydrogen (secondary N) is 3. The third-order valence-electron chi connectivity index (χ3n) is 7.61. The van der Waals surface area contributed by atoms with Crippen LogP contribution in [0.2, 0.25) is 0 Å². The lowest BCUT2D eigenvalue weighted by atomic mass is 9.94. The van der Waals surface area contributed by atoms with Crippen molar-refractivity contribution in [3.63, 3.8) is 0 Å². The minimum Gasteiger partial charge on any atom is -0.324 e. The molecule has 6 N–H and O–H groups in total. The Balaban J connectivity index is 1.35. The number of para-hydroxylation sites is 1. The summed E-state index contributed by atoms with van der Waals surface area (Å²) in [6, 6.07) is 16.4. The number of nitrogens with zero attached hydrogens (tertiary/aromatic N) is 4. The molecule has 0 radical (unpaired) electrons. The number of hydrogen-bond acceptors (Lipinski definition) is 14. The van der Waals surface area contributed by atoms with Crippen molar-refractivity contribution in [1.82, 2.24) is 15.0 Å². The second kappa shape index (κ2) is 13.4. The lowest BCUT2D eigenvalue weighted by molar-refractivity contribution is 0.106. The van der Waals surface area contributed by atoms with E-state index in [0.29, 0.717) is 12.1 Å². The number of ketones is 1. The average molecular weight is 770 g/mol. The molecule has 1 aliphatic rings. The van der Waals surface area contributed by atoms with Gasteiger partial charge in [0.25, 0.3) is 30.4 Å². The summed E-state index contributed by atoms with van der Waals surface area (Å²) in [5.74, 6) is -1.40. The molecule has 1 aromatic heterocycles. The van der Waals surface area contributed by atoms with Crippen LogP contribution in [0.5, 0.6) is 0 Å². The van der Waals surface area contributed by atoms with Crippen molar-refractivity contribution >= 4 is 87.7 Å². The van der Waals surface area contributed by atoms with E-state index in [-0.39, 0.29) is 39.5 Å². The third-order valence-corrected chi connectivity index (χ3v) is 10.3. The molecule has 0 amide bonds. The Morgan fingerprint density at radius 3 is 2.13 bits per heavy atom. The number of rotatable bonds is 10. The molecule has 17 nitrogen and oxygen atoms in total. The monoisotopic (exact) mass is 769 g/mol. The summed E-state index contributed by atoms with van der Waals surface area (Å²) in [6.07, 6.45) is 0.460. The fourth-order valence-electron chi connectivity index (χ4n) is 5.39. The predicted octanol–water partition coefficient (Wildman–Crippen LogP) is 4.60. The van der Waals surface area contributed by atoms with E-state index in [1.807, 2.05) is 19.1 Å². The van der Waals surface area contributed by atoms with Crippen molar-refractivity contribution in [1.29, 1.82) is 0 Å². The van der Waals surface area contributed by atoms with E-state index in [1.54, 1.807) is 12.1 Å². The summed E-state index contributed by atoms with van der Waals surface area (Å²) in [7, 11) is -15.2. The summed E-state index contributed by atoms with van der Waals surface area (Å²) in [4.78, 5) is 22.5. The Morgan fingerprint density at radius 1 is 0.750 bits per heavy atom. The van der Waals surface area contributed by atoms with E-state index in [4.69, 9.17) is 0 Å². The standard InChI is InChI=1S/C31H24FN7O10S3/c1-2-16-6-3-4-8-22(16)34-31-36-29(32)35-30(37-31)33-18-10-11-19-17(14-18)15-25(51(44,45)46)26(27(19)40)39-38-23-13-12-20-21(28(23)52(47,48)49)7-5-9-24(20)50(41,42)43/h3-15,38H,2H2,1H3,(H,41,42,43)(H,44,45,46)(H,47,48,49)(H2,33,34,35,36,37). The lowest BCUT2D eigenvalue weighted by Gasteiger charge is -2.18. The first-order valence-electron chi connectivity index (χ1n) is 14.7. The number of aromatic nitrogens is 3. The smallest absolute Gasteiger partial charge is 0.315 e. The van der Waals surface area contributed by atoms with Crippen molar-refractivity contribution in [2.24, 2.45) is 5.10 Å². The highest BCUT2D eigenvalue weighted by atomic mass is 32.2. The Labute approximate surface area is 294 Å². The second-order valence-corrected chi connectivity index (χ2v) is 15.1. The highest BCUT2D eigenvalue weighted by Crippen LogP contribution is 2.35. The zero-order valence-corrected chi connectivity index (χ0v) is 28.8. The summed E-state index contributed by atoms with van der Waals surface area (Å²) in [5.41, 5.74) is 2.37. The molecule has 0 fully saturated rings. The molecule has 0 saturated heterocycles. The Morgan fingerprint density at radius 2 is 1.46 bits per heavy atom. The number of allylic oxidation sites excluding steroid dienone is 1. The number of carbonyl (C=O) groups excluding carboxylic acids is 1. The molecule has 268 valence electrons. The van der Waals surface area contributed by atoms with Gasteiger partial charge in [-0.15, -0.1) is 0 Å². The van der Waals surface area contributed by atoms with Gasteiger partial charge in [0.1, 0.15) is 14.7 Å². The number of benzene rings is 4. The van der Waals surface area contributed by atoms with Gasteiger partial charge >= 0.3 is 6.08 Å². The summed E-state index contributed by atoms with van der Waals surface area (Å²) < 4.78 is 118. The molecular weight excluding hydrogens is 746 g/mol. The first-order chi connectivity index (χ1) is 24.4. The fourth-order valence-corrected chi connectivity index (χ4v) is 7.60. The van der Waals surface area contributed by atoms with E-state index in [0.717, 1.165) is 42.0 Å². The quantitative estimate of drug-likeness (QED) is 0.0837. The van der Waals surface area contributed by atoms with Gasteiger partial charge in [0.2, 0.25) is 17.7 Å². The fraction of sp³-hybridized carbons (Fsp3) is 0.0645. The van der Waals surface area contributed by atoms with Crippen LogP contribution in [0.4, 0.5) is 33.3 Å². The van der Waals surface area contributed by atoms with Gasteiger partial charge < -0.3 is 10.6 Å². The van der Waals surface area contributed by atoms with Gasteiger partial charge in [-0.1, -0.05) is 43.3 Å². The van der Waals surface area contributed by atoms with E-state index in [1.165, 1.54) is 18.2 Å².